The SMILES string of the molecule is CCCCCCCCNCc1nn(Cc2ccc(F)cc2Cl)nc1-c1ccccc1. The highest BCUT2D eigenvalue weighted by Gasteiger charge is 2.14. The molecule has 0 spiro atoms. The second kappa shape index (κ2) is 11.8. The van der Waals surface area contributed by atoms with Crippen LogP contribution in [0, 0.1) is 5.82 Å². The molecule has 0 aliphatic heterocycles. The number of aromatic nitrogens is 3. The normalized spacial score (nSPS) is 11.2. The van der Waals surface area contributed by atoms with Gasteiger partial charge in [-0.25, -0.2) is 4.39 Å². The second-order valence-corrected chi connectivity index (χ2v) is 7.98. The molecule has 0 fully saturated rings. The molecular formula is C24H30ClFN4. The lowest BCUT2D eigenvalue weighted by atomic mass is 10.1. The molecule has 1 aromatic heterocycles. The van der Waals surface area contributed by atoms with Crippen molar-refractivity contribution >= 4 is 11.6 Å². The van der Waals surface area contributed by atoms with Gasteiger partial charge in [0.2, 0.25) is 0 Å². The first-order valence-corrected chi connectivity index (χ1v) is 11.2. The maximum absolute atomic E-state index is 13.3. The fourth-order valence-electron chi connectivity index (χ4n) is 3.43. The van der Waals surface area contributed by atoms with Gasteiger partial charge in [0.05, 0.1) is 6.54 Å². The van der Waals surface area contributed by atoms with Gasteiger partial charge in [-0.3, -0.25) is 0 Å². The van der Waals surface area contributed by atoms with Crippen LogP contribution < -0.4 is 5.32 Å². The Labute approximate surface area is 183 Å². The van der Waals surface area contributed by atoms with E-state index >= 15 is 0 Å². The lowest BCUT2D eigenvalue weighted by Crippen LogP contribution is -2.16. The zero-order valence-electron chi connectivity index (χ0n) is 17.6. The summed E-state index contributed by atoms with van der Waals surface area (Å²) in [7, 11) is 0. The average molecular weight is 429 g/mol. The van der Waals surface area contributed by atoms with Gasteiger partial charge in [-0.15, -0.1) is 0 Å². The number of hydrogen-bond acceptors (Lipinski definition) is 3. The first kappa shape index (κ1) is 22.4. The summed E-state index contributed by atoms with van der Waals surface area (Å²) in [5.74, 6) is -0.346. The Morgan fingerprint density at radius 2 is 1.73 bits per heavy atom. The third kappa shape index (κ3) is 6.64. The smallest absolute Gasteiger partial charge is 0.124 e. The van der Waals surface area contributed by atoms with E-state index in [1.54, 1.807) is 10.9 Å². The molecule has 0 unspecified atom stereocenters. The fourth-order valence-corrected chi connectivity index (χ4v) is 3.66. The van der Waals surface area contributed by atoms with Crippen LogP contribution in [0.4, 0.5) is 4.39 Å². The Bertz CT molecular complexity index is 911. The largest absolute Gasteiger partial charge is 0.311 e. The van der Waals surface area contributed by atoms with Gasteiger partial charge in [0.25, 0.3) is 0 Å². The number of hydrogen-bond donors (Lipinski definition) is 1. The molecular weight excluding hydrogens is 399 g/mol. The summed E-state index contributed by atoms with van der Waals surface area (Å²) in [5, 5.41) is 13.3. The van der Waals surface area contributed by atoms with Crippen LogP contribution in [-0.4, -0.2) is 21.5 Å². The molecule has 0 aliphatic carbocycles. The van der Waals surface area contributed by atoms with E-state index in [1.807, 2.05) is 30.3 Å². The van der Waals surface area contributed by atoms with Crippen molar-refractivity contribution in [3.05, 3.63) is 70.6 Å². The summed E-state index contributed by atoms with van der Waals surface area (Å²) >= 11 is 6.19. The highest BCUT2D eigenvalue weighted by atomic mass is 35.5. The minimum absolute atomic E-state index is 0.346. The predicted molar refractivity (Wildman–Crippen MR) is 121 cm³/mol. The monoisotopic (exact) mass is 428 g/mol. The molecule has 6 heteroatoms. The van der Waals surface area contributed by atoms with Crippen LogP contribution in [0.15, 0.2) is 48.5 Å². The molecule has 1 heterocycles. The van der Waals surface area contributed by atoms with E-state index in [4.69, 9.17) is 21.8 Å². The van der Waals surface area contributed by atoms with Crippen LogP contribution in [0.3, 0.4) is 0 Å². The molecule has 0 radical (unpaired) electrons. The highest BCUT2D eigenvalue weighted by molar-refractivity contribution is 6.31. The van der Waals surface area contributed by atoms with Crippen molar-refractivity contribution in [3.63, 3.8) is 0 Å². The van der Waals surface area contributed by atoms with Gasteiger partial charge in [0.15, 0.2) is 0 Å². The molecule has 30 heavy (non-hydrogen) atoms. The molecule has 1 N–H and O–H groups in total. The predicted octanol–water partition coefficient (Wildman–Crippen LogP) is 6.24. The van der Waals surface area contributed by atoms with E-state index in [0.29, 0.717) is 18.1 Å². The van der Waals surface area contributed by atoms with E-state index in [2.05, 4.69) is 12.2 Å². The van der Waals surface area contributed by atoms with Gasteiger partial charge in [-0.1, -0.05) is 87.0 Å². The van der Waals surface area contributed by atoms with Crippen LogP contribution >= 0.6 is 11.6 Å². The Kier molecular flexibility index (Phi) is 8.84. The molecule has 2 aromatic carbocycles. The topological polar surface area (TPSA) is 42.7 Å². The van der Waals surface area contributed by atoms with E-state index in [9.17, 15) is 4.39 Å². The van der Waals surface area contributed by atoms with Crippen molar-refractivity contribution < 1.29 is 4.39 Å². The van der Waals surface area contributed by atoms with Crippen molar-refractivity contribution in [2.24, 2.45) is 0 Å². The standard InChI is InChI=1S/C24H30ClFN4/c1-2-3-4-5-6-10-15-27-17-23-24(19-11-8-7-9-12-19)29-30(28-23)18-20-13-14-21(26)16-22(20)25/h7-9,11-14,16,27H,2-6,10,15,17-18H2,1H3. The van der Waals surface area contributed by atoms with Crippen LogP contribution in [0.1, 0.15) is 56.7 Å². The van der Waals surface area contributed by atoms with Crippen LogP contribution in [-0.2, 0) is 13.1 Å². The second-order valence-electron chi connectivity index (χ2n) is 7.57. The first-order valence-electron chi connectivity index (χ1n) is 10.8. The van der Waals surface area contributed by atoms with Crippen molar-refractivity contribution in [3.8, 4) is 11.3 Å². The molecule has 3 rings (SSSR count). The number of halogens is 2. The zero-order chi connectivity index (χ0) is 21.2. The molecule has 3 aromatic rings. The summed E-state index contributed by atoms with van der Waals surface area (Å²) < 4.78 is 13.3. The Morgan fingerprint density at radius 1 is 0.967 bits per heavy atom. The Balaban J connectivity index is 1.65. The van der Waals surface area contributed by atoms with E-state index in [1.165, 1.54) is 50.7 Å². The Morgan fingerprint density at radius 3 is 2.50 bits per heavy atom. The van der Waals surface area contributed by atoms with E-state index < -0.39 is 0 Å². The van der Waals surface area contributed by atoms with Gasteiger partial charge in [0.1, 0.15) is 17.2 Å². The molecule has 0 bridgehead atoms. The number of benzene rings is 2. The number of rotatable bonds is 12. The molecule has 0 amide bonds. The molecule has 4 nitrogen and oxygen atoms in total. The van der Waals surface area contributed by atoms with Gasteiger partial charge in [-0.05, 0) is 30.7 Å². The van der Waals surface area contributed by atoms with Crippen LogP contribution in [0.2, 0.25) is 5.02 Å². The number of nitrogens with one attached hydrogen (secondary N) is 1. The third-order valence-corrected chi connectivity index (χ3v) is 5.45. The van der Waals surface area contributed by atoms with Crippen molar-refractivity contribution in [2.45, 2.75) is 58.5 Å². The Hall–Kier alpha value is -2.24. The van der Waals surface area contributed by atoms with Crippen LogP contribution in [0.5, 0.6) is 0 Å². The number of unbranched alkanes of at least 4 members (excludes halogenated alkanes) is 5. The van der Waals surface area contributed by atoms with Gasteiger partial charge in [-0.2, -0.15) is 15.0 Å². The zero-order valence-corrected chi connectivity index (χ0v) is 18.3. The summed E-state index contributed by atoms with van der Waals surface area (Å²) in [6, 6.07) is 14.5. The van der Waals surface area contributed by atoms with Gasteiger partial charge >= 0.3 is 0 Å². The number of nitrogens with zero attached hydrogens (tertiary/aromatic N) is 3. The average Bonchev–Trinajstić information content (AvgIpc) is 3.15. The highest BCUT2D eigenvalue weighted by Crippen LogP contribution is 2.22. The van der Waals surface area contributed by atoms with Crippen molar-refractivity contribution in [1.82, 2.24) is 20.3 Å². The first-order chi connectivity index (χ1) is 14.7. The van der Waals surface area contributed by atoms with E-state index in [-0.39, 0.29) is 5.82 Å². The molecule has 0 saturated heterocycles. The molecule has 0 aliphatic rings. The maximum atomic E-state index is 13.3. The summed E-state index contributed by atoms with van der Waals surface area (Å²) in [6.07, 6.45) is 7.67. The third-order valence-electron chi connectivity index (χ3n) is 5.10. The van der Waals surface area contributed by atoms with E-state index in [0.717, 1.165) is 29.1 Å². The van der Waals surface area contributed by atoms with Crippen LogP contribution in [0.25, 0.3) is 11.3 Å². The molecule has 160 valence electrons. The minimum atomic E-state index is -0.346. The fraction of sp³-hybridized carbons (Fsp3) is 0.417. The molecule has 0 atom stereocenters. The summed E-state index contributed by atoms with van der Waals surface area (Å²) in [6.45, 7) is 4.27. The van der Waals surface area contributed by atoms with Crippen molar-refractivity contribution in [2.75, 3.05) is 6.54 Å². The summed E-state index contributed by atoms with van der Waals surface area (Å²) in [5.41, 5.74) is 3.60. The quantitative estimate of drug-likeness (QED) is 0.347. The maximum Gasteiger partial charge on any atom is 0.124 e. The minimum Gasteiger partial charge on any atom is -0.311 e. The van der Waals surface area contributed by atoms with Gasteiger partial charge < -0.3 is 5.32 Å². The lowest BCUT2D eigenvalue weighted by Gasteiger charge is -2.04. The van der Waals surface area contributed by atoms with Crippen molar-refractivity contribution in [1.29, 1.82) is 0 Å². The molecule has 0 saturated carbocycles. The summed E-state index contributed by atoms with van der Waals surface area (Å²) in [4.78, 5) is 1.64. The van der Waals surface area contributed by atoms with Gasteiger partial charge in [0, 0.05) is 17.1 Å². The lowest BCUT2D eigenvalue weighted by molar-refractivity contribution is 0.556.